The third-order valence-corrected chi connectivity index (χ3v) is 6.84. The number of esters is 1. The van der Waals surface area contributed by atoms with Gasteiger partial charge in [0.25, 0.3) is 0 Å². The zero-order valence-corrected chi connectivity index (χ0v) is 21.9. The molecule has 0 bridgehead atoms. The highest BCUT2D eigenvalue weighted by Gasteiger charge is 2.17. The molecule has 164 valence electrons. The average Bonchev–Trinajstić information content (AvgIpc) is 2.80. The van der Waals surface area contributed by atoms with Gasteiger partial charge in [0.05, 0.1) is 41.9 Å². The molecule has 5 nitrogen and oxygen atoms in total. The van der Waals surface area contributed by atoms with Crippen LogP contribution in [-0.4, -0.2) is 38.4 Å². The molecular weight excluding hydrogens is 602 g/mol. The molecule has 0 amide bonds. The number of hydrogen-bond donors (Lipinski definition) is 1. The number of quaternary nitrogens is 1. The van der Waals surface area contributed by atoms with Crippen LogP contribution in [-0.2, 0) is 0 Å². The Labute approximate surface area is 212 Å². The monoisotopic (exact) mass is 620 g/mol. The number of halogens is 3. The van der Waals surface area contributed by atoms with E-state index in [1.807, 2.05) is 30.3 Å². The van der Waals surface area contributed by atoms with Gasteiger partial charge in [0, 0.05) is 26.4 Å². The first-order chi connectivity index (χ1) is 15.5. The highest BCUT2D eigenvalue weighted by molar-refractivity contribution is 9.11. The Morgan fingerprint density at radius 3 is 2.41 bits per heavy atom. The molecule has 0 unspecified atom stereocenters. The average molecular weight is 623 g/mol. The van der Waals surface area contributed by atoms with Crippen molar-refractivity contribution >= 4 is 71.3 Å². The summed E-state index contributed by atoms with van der Waals surface area (Å²) in [7, 11) is 0. The van der Waals surface area contributed by atoms with Crippen LogP contribution in [0.15, 0.2) is 79.1 Å². The van der Waals surface area contributed by atoms with E-state index < -0.39 is 5.97 Å². The fourth-order valence-electron chi connectivity index (χ4n) is 3.46. The maximum absolute atomic E-state index is 12.8. The van der Waals surface area contributed by atoms with Crippen molar-refractivity contribution in [3.63, 3.8) is 0 Å². The molecule has 4 rings (SSSR count). The summed E-state index contributed by atoms with van der Waals surface area (Å²) in [6, 6.07) is 19.1. The summed E-state index contributed by atoms with van der Waals surface area (Å²) in [4.78, 5) is 19.7. The van der Waals surface area contributed by atoms with Crippen molar-refractivity contribution in [2.24, 2.45) is 4.99 Å². The summed E-state index contributed by atoms with van der Waals surface area (Å²) < 4.78 is 7.94. The summed E-state index contributed by atoms with van der Waals surface area (Å²) in [5, 5.41) is 2.34. The number of nitrogens with zero attached hydrogens (tertiary/aromatic N) is 2. The zero-order valence-electron chi connectivity index (χ0n) is 17.1. The molecule has 1 fully saturated rings. The second-order valence-corrected chi connectivity index (χ2v) is 9.93. The van der Waals surface area contributed by atoms with Crippen LogP contribution < -0.4 is 15.0 Å². The number of carbonyl (C=O) groups excluding carboxylic acids is 1. The number of piperazine rings is 1. The van der Waals surface area contributed by atoms with E-state index in [2.05, 4.69) is 75.1 Å². The van der Waals surface area contributed by atoms with E-state index >= 15 is 0 Å². The first kappa shape index (κ1) is 23.2. The third kappa shape index (κ3) is 5.67. The van der Waals surface area contributed by atoms with Crippen molar-refractivity contribution in [3.8, 4) is 5.75 Å². The number of hydrogen-bond acceptors (Lipinski definition) is 4. The predicted molar refractivity (Wildman–Crippen MR) is 139 cm³/mol. The summed E-state index contributed by atoms with van der Waals surface area (Å²) in [6.07, 6.45) is 1.71. The smallest absolute Gasteiger partial charge is 0.344 e. The van der Waals surface area contributed by atoms with Gasteiger partial charge in [-0.2, -0.15) is 0 Å². The van der Waals surface area contributed by atoms with Crippen molar-refractivity contribution in [2.75, 3.05) is 31.1 Å². The quantitative estimate of drug-likeness (QED) is 0.238. The van der Waals surface area contributed by atoms with Crippen molar-refractivity contribution in [1.29, 1.82) is 0 Å². The van der Waals surface area contributed by atoms with Gasteiger partial charge in [-0.15, -0.1) is 0 Å². The molecule has 1 aliphatic heterocycles. The molecule has 3 aromatic carbocycles. The zero-order chi connectivity index (χ0) is 22.5. The Hall–Kier alpha value is -2.00. The Kier molecular flexibility index (Phi) is 7.78. The van der Waals surface area contributed by atoms with Crippen LogP contribution in [0.2, 0.25) is 0 Å². The van der Waals surface area contributed by atoms with E-state index in [0.717, 1.165) is 36.3 Å². The molecule has 1 aliphatic rings. The minimum absolute atomic E-state index is 0.416. The number of rotatable bonds is 5. The van der Waals surface area contributed by atoms with Crippen LogP contribution in [0.25, 0.3) is 0 Å². The lowest BCUT2D eigenvalue weighted by Gasteiger charge is -2.27. The third-order valence-electron chi connectivity index (χ3n) is 5.10. The molecule has 0 aliphatic carbocycles. The van der Waals surface area contributed by atoms with Gasteiger partial charge in [0.15, 0.2) is 5.75 Å². The van der Waals surface area contributed by atoms with E-state index in [9.17, 15) is 4.79 Å². The molecule has 2 N–H and O–H groups in total. The van der Waals surface area contributed by atoms with Gasteiger partial charge in [-0.25, -0.2) is 4.79 Å². The van der Waals surface area contributed by atoms with Crippen molar-refractivity contribution < 1.29 is 14.8 Å². The number of benzene rings is 3. The van der Waals surface area contributed by atoms with E-state index in [0.29, 0.717) is 25.8 Å². The van der Waals surface area contributed by atoms with Crippen LogP contribution >= 0.6 is 47.8 Å². The van der Waals surface area contributed by atoms with Gasteiger partial charge in [0.2, 0.25) is 0 Å². The van der Waals surface area contributed by atoms with Crippen molar-refractivity contribution in [2.45, 2.75) is 0 Å². The fraction of sp³-hybridized carbons (Fsp3) is 0.167. The van der Waals surface area contributed by atoms with Gasteiger partial charge in [-0.05, 0) is 80.4 Å². The largest absolute Gasteiger partial charge is 0.421 e. The second kappa shape index (κ2) is 10.7. The normalized spacial score (nSPS) is 14.0. The van der Waals surface area contributed by atoms with Crippen LogP contribution in [0.4, 0.5) is 11.4 Å². The molecule has 3 aromatic rings. The van der Waals surface area contributed by atoms with Crippen LogP contribution in [0.3, 0.4) is 0 Å². The van der Waals surface area contributed by atoms with Crippen LogP contribution in [0, 0.1) is 0 Å². The number of anilines is 1. The number of nitrogens with two attached hydrogens (primary N) is 1. The second-order valence-electron chi connectivity index (χ2n) is 7.30. The SMILES string of the molecule is O=C(Oc1c(Br)cc(Br)cc1C=Nc1ccc(N2CC[NH2+]CC2)cc1)c1ccccc1Br. The van der Waals surface area contributed by atoms with Crippen molar-refractivity contribution in [1.82, 2.24) is 0 Å². The molecule has 1 heterocycles. The lowest BCUT2D eigenvalue weighted by Crippen LogP contribution is -2.89. The summed E-state index contributed by atoms with van der Waals surface area (Å²) in [6.45, 7) is 4.36. The summed E-state index contributed by atoms with van der Waals surface area (Å²) in [5.74, 6) is -0.0304. The number of ether oxygens (including phenoxy) is 1. The number of carbonyl (C=O) groups is 1. The maximum Gasteiger partial charge on any atom is 0.344 e. The molecule has 0 radical (unpaired) electrons. The van der Waals surface area contributed by atoms with Crippen molar-refractivity contribution in [3.05, 3.63) is 85.2 Å². The first-order valence-corrected chi connectivity index (χ1v) is 12.6. The Balaban J connectivity index is 1.56. The Morgan fingerprint density at radius 1 is 0.969 bits per heavy atom. The molecular formula is C24H21Br3N3O2+. The van der Waals surface area contributed by atoms with E-state index in [1.54, 1.807) is 24.4 Å². The molecule has 32 heavy (non-hydrogen) atoms. The van der Waals surface area contributed by atoms with E-state index in [-0.39, 0.29) is 0 Å². The predicted octanol–water partition coefficient (Wildman–Crippen LogP) is 5.33. The summed E-state index contributed by atoms with van der Waals surface area (Å²) in [5.41, 5.74) is 3.18. The molecule has 8 heteroatoms. The minimum atomic E-state index is -0.446. The number of aliphatic imine (C=N–C) groups is 1. The lowest BCUT2D eigenvalue weighted by atomic mass is 10.2. The van der Waals surface area contributed by atoms with Crippen LogP contribution in [0.5, 0.6) is 5.75 Å². The maximum atomic E-state index is 12.8. The van der Waals surface area contributed by atoms with Gasteiger partial charge in [0.1, 0.15) is 0 Å². The standard InChI is InChI=1S/C24H20Br3N3O2/c25-17-13-16(15-29-18-5-7-19(8-6-18)30-11-9-28-10-12-30)23(22(27)14-17)32-24(31)20-3-1-2-4-21(20)26/h1-8,13-15,28H,9-12H2/p+1. The van der Waals surface area contributed by atoms with E-state index in [4.69, 9.17) is 4.74 Å². The fourth-order valence-corrected chi connectivity index (χ4v) is 5.25. The lowest BCUT2D eigenvalue weighted by molar-refractivity contribution is -0.655. The van der Waals surface area contributed by atoms with Gasteiger partial charge in [-0.3, -0.25) is 4.99 Å². The van der Waals surface area contributed by atoms with Gasteiger partial charge in [-0.1, -0.05) is 28.1 Å². The van der Waals surface area contributed by atoms with E-state index in [1.165, 1.54) is 5.69 Å². The Morgan fingerprint density at radius 2 is 1.69 bits per heavy atom. The first-order valence-electron chi connectivity index (χ1n) is 10.2. The summed E-state index contributed by atoms with van der Waals surface area (Å²) >= 11 is 10.4. The molecule has 1 saturated heterocycles. The van der Waals surface area contributed by atoms with Crippen LogP contribution in [0.1, 0.15) is 15.9 Å². The Bertz CT molecular complexity index is 1140. The molecule has 0 spiro atoms. The van der Waals surface area contributed by atoms with Gasteiger partial charge < -0.3 is 15.0 Å². The highest BCUT2D eigenvalue weighted by Crippen LogP contribution is 2.33. The molecule has 0 atom stereocenters. The van der Waals surface area contributed by atoms with Gasteiger partial charge >= 0.3 is 5.97 Å². The minimum Gasteiger partial charge on any atom is -0.421 e. The molecule has 0 saturated carbocycles. The molecule has 0 aromatic heterocycles. The topological polar surface area (TPSA) is 58.5 Å². The highest BCUT2D eigenvalue weighted by atomic mass is 79.9.